The van der Waals surface area contributed by atoms with Crippen molar-refractivity contribution in [2.75, 3.05) is 13.1 Å². The average Bonchev–Trinajstić information content (AvgIpc) is 2.56. The summed E-state index contributed by atoms with van der Waals surface area (Å²) in [4.78, 5) is 18.8. The number of benzene rings is 1. The van der Waals surface area contributed by atoms with Crippen molar-refractivity contribution in [3.8, 4) is 0 Å². The lowest BCUT2D eigenvalue weighted by Gasteiger charge is -2.41. The molecule has 0 radical (unpaired) electrons. The molecule has 0 aliphatic carbocycles. The van der Waals surface area contributed by atoms with Gasteiger partial charge in [0.2, 0.25) is 0 Å². The number of hydrogen-bond donors (Lipinski definition) is 0. The Labute approximate surface area is 132 Å². The predicted octanol–water partition coefficient (Wildman–Crippen LogP) is 3.99. The molecule has 2 aromatic rings. The molecule has 116 valence electrons. The van der Waals surface area contributed by atoms with Crippen LogP contribution in [0.4, 0.5) is 0 Å². The molecule has 1 aromatic heterocycles. The van der Waals surface area contributed by atoms with E-state index in [1.54, 1.807) is 0 Å². The van der Waals surface area contributed by atoms with Crippen LogP contribution < -0.4 is 0 Å². The van der Waals surface area contributed by atoms with E-state index in [0.717, 1.165) is 35.8 Å². The van der Waals surface area contributed by atoms with E-state index in [1.807, 2.05) is 38.2 Å². The first-order valence-electron chi connectivity index (χ1n) is 8.17. The van der Waals surface area contributed by atoms with Crippen LogP contribution in [0.3, 0.4) is 0 Å². The van der Waals surface area contributed by atoms with Crippen molar-refractivity contribution in [3.05, 3.63) is 42.1 Å². The maximum absolute atomic E-state index is 11.7. The van der Waals surface area contributed by atoms with Crippen LogP contribution >= 0.6 is 0 Å². The molecule has 3 rings (SSSR count). The third-order valence-corrected chi connectivity index (χ3v) is 4.69. The van der Waals surface area contributed by atoms with Gasteiger partial charge in [-0.25, -0.2) is 0 Å². The zero-order chi connectivity index (χ0) is 15.6. The van der Waals surface area contributed by atoms with Gasteiger partial charge in [0.1, 0.15) is 6.29 Å². The zero-order valence-electron chi connectivity index (χ0n) is 13.5. The molecule has 0 bridgehead atoms. The predicted molar refractivity (Wildman–Crippen MR) is 89.8 cm³/mol. The summed E-state index contributed by atoms with van der Waals surface area (Å²) in [5.74, 6) is 0. The number of carbonyl (C=O) groups excluding carboxylic acids is 1. The van der Waals surface area contributed by atoms with Gasteiger partial charge in [-0.1, -0.05) is 38.5 Å². The highest BCUT2D eigenvalue weighted by atomic mass is 16.1. The Bertz CT molecular complexity index is 659. The number of carbonyl (C=O) groups is 1. The molecular weight excluding hydrogens is 272 g/mol. The molecule has 0 N–H and O–H groups in total. The minimum absolute atomic E-state index is 0.0995. The Balaban J connectivity index is 2.04. The summed E-state index contributed by atoms with van der Waals surface area (Å²) in [5.41, 5.74) is 1.74. The first-order chi connectivity index (χ1) is 10.6. The summed E-state index contributed by atoms with van der Waals surface area (Å²) in [6.07, 6.45) is 6.77. The molecule has 1 fully saturated rings. The second-order valence-corrected chi connectivity index (χ2v) is 6.90. The van der Waals surface area contributed by atoms with Crippen LogP contribution in [0.2, 0.25) is 0 Å². The standard InChI is InChI=1S/C19H24N2O/c1-19(2,14-22)18(21-10-6-3-7-11-21)16-12-15-8-4-5-9-17(15)20-13-16/h4-5,8-9,12-14,18H,3,6-7,10-11H2,1-2H3. The molecular formula is C19H24N2O. The fraction of sp³-hybridized carbons (Fsp3) is 0.474. The minimum atomic E-state index is -0.415. The maximum atomic E-state index is 11.7. The second kappa shape index (κ2) is 6.17. The van der Waals surface area contributed by atoms with Crippen LogP contribution in [0.5, 0.6) is 0 Å². The quantitative estimate of drug-likeness (QED) is 0.800. The van der Waals surface area contributed by atoms with Crippen molar-refractivity contribution in [2.24, 2.45) is 5.41 Å². The van der Waals surface area contributed by atoms with Crippen molar-refractivity contribution in [3.63, 3.8) is 0 Å². The first kappa shape index (κ1) is 15.2. The Morgan fingerprint density at radius 2 is 1.91 bits per heavy atom. The van der Waals surface area contributed by atoms with Crippen molar-refractivity contribution in [1.82, 2.24) is 9.88 Å². The molecule has 0 saturated carbocycles. The number of likely N-dealkylation sites (tertiary alicyclic amines) is 1. The molecule has 22 heavy (non-hydrogen) atoms. The molecule has 1 aliphatic rings. The van der Waals surface area contributed by atoms with E-state index in [4.69, 9.17) is 0 Å². The second-order valence-electron chi connectivity index (χ2n) is 6.90. The molecule has 3 heteroatoms. The number of fused-ring (bicyclic) bond motifs is 1. The van der Waals surface area contributed by atoms with Gasteiger partial charge < -0.3 is 4.79 Å². The Morgan fingerprint density at radius 3 is 2.64 bits per heavy atom. The van der Waals surface area contributed by atoms with Crippen molar-refractivity contribution >= 4 is 17.2 Å². The largest absolute Gasteiger partial charge is 0.303 e. The molecule has 1 aliphatic heterocycles. The highest BCUT2D eigenvalue weighted by Crippen LogP contribution is 2.38. The third kappa shape index (κ3) is 2.91. The number of rotatable bonds is 4. The lowest BCUT2D eigenvalue weighted by Crippen LogP contribution is -2.42. The van der Waals surface area contributed by atoms with Gasteiger partial charge >= 0.3 is 0 Å². The van der Waals surface area contributed by atoms with Gasteiger partial charge in [0, 0.05) is 23.0 Å². The van der Waals surface area contributed by atoms with Crippen LogP contribution in [-0.2, 0) is 4.79 Å². The lowest BCUT2D eigenvalue weighted by atomic mass is 9.80. The van der Waals surface area contributed by atoms with Crippen molar-refractivity contribution in [1.29, 1.82) is 0 Å². The van der Waals surface area contributed by atoms with Crippen LogP contribution in [0.25, 0.3) is 10.9 Å². The molecule has 1 unspecified atom stereocenters. The lowest BCUT2D eigenvalue weighted by molar-refractivity contribution is -0.118. The van der Waals surface area contributed by atoms with E-state index in [0.29, 0.717) is 0 Å². The Morgan fingerprint density at radius 1 is 1.18 bits per heavy atom. The number of aromatic nitrogens is 1. The van der Waals surface area contributed by atoms with Crippen LogP contribution in [0.15, 0.2) is 36.5 Å². The monoisotopic (exact) mass is 296 g/mol. The summed E-state index contributed by atoms with van der Waals surface area (Å²) >= 11 is 0. The van der Waals surface area contributed by atoms with Gasteiger partial charge in [-0.3, -0.25) is 9.88 Å². The van der Waals surface area contributed by atoms with E-state index in [1.165, 1.54) is 19.3 Å². The van der Waals surface area contributed by atoms with Crippen LogP contribution in [0.1, 0.15) is 44.7 Å². The SMILES string of the molecule is CC(C)(C=O)C(c1cnc2ccccc2c1)N1CCCCC1. The molecule has 1 saturated heterocycles. The van der Waals surface area contributed by atoms with E-state index >= 15 is 0 Å². The zero-order valence-corrected chi connectivity index (χ0v) is 13.5. The molecule has 2 heterocycles. The molecule has 1 aromatic carbocycles. The van der Waals surface area contributed by atoms with Crippen LogP contribution in [0, 0.1) is 5.41 Å². The number of nitrogens with zero attached hydrogens (tertiary/aromatic N) is 2. The summed E-state index contributed by atoms with van der Waals surface area (Å²) < 4.78 is 0. The molecule has 1 atom stereocenters. The van der Waals surface area contributed by atoms with E-state index < -0.39 is 5.41 Å². The maximum Gasteiger partial charge on any atom is 0.127 e. The number of pyridine rings is 1. The first-order valence-corrected chi connectivity index (χ1v) is 8.17. The average molecular weight is 296 g/mol. The smallest absolute Gasteiger partial charge is 0.127 e. The van der Waals surface area contributed by atoms with E-state index in [2.05, 4.69) is 22.0 Å². The van der Waals surface area contributed by atoms with Gasteiger partial charge in [0.25, 0.3) is 0 Å². The topological polar surface area (TPSA) is 33.2 Å². The highest BCUT2D eigenvalue weighted by Gasteiger charge is 2.36. The van der Waals surface area contributed by atoms with Gasteiger partial charge in [-0.2, -0.15) is 0 Å². The molecule has 0 amide bonds. The van der Waals surface area contributed by atoms with E-state index in [-0.39, 0.29) is 6.04 Å². The van der Waals surface area contributed by atoms with Crippen molar-refractivity contribution in [2.45, 2.75) is 39.2 Å². The molecule has 0 spiro atoms. The fourth-order valence-electron chi connectivity index (χ4n) is 3.59. The van der Waals surface area contributed by atoms with Gasteiger partial charge in [-0.15, -0.1) is 0 Å². The Kier molecular flexibility index (Phi) is 4.25. The van der Waals surface area contributed by atoms with Crippen LogP contribution in [-0.4, -0.2) is 29.3 Å². The third-order valence-electron chi connectivity index (χ3n) is 4.69. The number of hydrogen-bond acceptors (Lipinski definition) is 3. The van der Waals surface area contributed by atoms with Gasteiger partial charge in [-0.05, 0) is 43.6 Å². The number of aldehydes is 1. The number of para-hydroxylation sites is 1. The normalized spacial score (nSPS) is 18.3. The Hall–Kier alpha value is -1.74. The van der Waals surface area contributed by atoms with Gasteiger partial charge in [0.05, 0.1) is 5.52 Å². The van der Waals surface area contributed by atoms with Crippen molar-refractivity contribution < 1.29 is 4.79 Å². The molecule has 3 nitrogen and oxygen atoms in total. The highest BCUT2D eigenvalue weighted by molar-refractivity contribution is 5.79. The fourth-order valence-corrected chi connectivity index (χ4v) is 3.59. The summed E-state index contributed by atoms with van der Waals surface area (Å²) in [7, 11) is 0. The summed E-state index contributed by atoms with van der Waals surface area (Å²) in [6.45, 7) is 6.20. The van der Waals surface area contributed by atoms with E-state index in [9.17, 15) is 4.79 Å². The number of piperidine rings is 1. The summed E-state index contributed by atoms with van der Waals surface area (Å²) in [5, 5.41) is 1.14. The summed E-state index contributed by atoms with van der Waals surface area (Å²) in [6, 6.07) is 10.5. The van der Waals surface area contributed by atoms with Gasteiger partial charge in [0.15, 0.2) is 0 Å². The minimum Gasteiger partial charge on any atom is -0.303 e.